The Labute approximate surface area is 246 Å². The predicted molar refractivity (Wildman–Crippen MR) is 171 cm³/mol. The molecule has 0 aromatic heterocycles. The average Bonchev–Trinajstić information content (AvgIpc) is 3.23. The van der Waals surface area contributed by atoms with Gasteiger partial charge in [0.15, 0.2) is 0 Å². The lowest BCUT2D eigenvalue weighted by atomic mass is 9.45. The lowest BCUT2D eigenvalue weighted by Gasteiger charge is -2.60. The van der Waals surface area contributed by atoms with Crippen LogP contribution in [0.5, 0.6) is 0 Å². The van der Waals surface area contributed by atoms with Crippen molar-refractivity contribution in [3.8, 4) is 0 Å². The first kappa shape index (κ1) is 34.6. The molecule has 0 radical (unpaired) electrons. The summed E-state index contributed by atoms with van der Waals surface area (Å²) in [5.74, 6) is 10.1. The summed E-state index contributed by atoms with van der Waals surface area (Å²) in [6, 6.07) is 0.384. The Kier molecular flexibility index (Phi) is 13.4. The zero-order valence-electron chi connectivity index (χ0n) is 26.6. The van der Waals surface area contributed by atoms with Crippen molar-refractivity contribution in [1.82, 2.24) is 10.7 Å². The highest BCUT2D eigenvalue weighted by atomic mass is 32.2. The van der Waals surface area contributed by atoms with Gasteiger partial charge in [-0.1, -0.05) is 47.5 Å². The molecule has 0 saturated heterocycles. The molecular formula is C33H64N4OS. The van der Waals surface area contributed by atoms with Gasteiger partial charge >= 0.3 is 0 Å². The molecule has 6 N–H and O–H groups in total. The topological polar surface area (TPSA) is 93.2 Å². The van der Waals surface area contributed by atoms with Gasteiger partial charge in [-0.3, -0.25) is 10.6 Å². The summed E-state index contributed by atoms with van der Waals surface area (Å²) in [4.78, 5) is 12.4. The molecule has 4 rings (SSSR count). The number of nitrogens with one attached hydrogen (secondary N) is 2. The standard InChI is InChI=1S/C27H49N3OS.C4H11N.C2H4/c1-18(24(31)29-17-30-28)32-25(2,3)16-20-10-12-22-21-11-9-19-8-6-7-14-26(19,4)23(21)13-15-27(20,22)5;1-3-4(2)5;1-2/h18-23,30H,6-17,28H2,1-5H3,(H,29,31);4H,3,5H2,1-2H3;1-2H2. The van der Waals surface area contributed by atoms with Gasteiger partial charge in [-0.15, -0.1) is 24.9 Å². The zero-order valence-corrected chi connectivity index (χ0v) is 27.4. The maximum Gasteiger partial charge on any atom is 0.233 e. The SMILES string of the molecule is C=C.CC(SC(C)(C)CC1CCC2C3CCC4CCCCC4(C)C3CCC12C)C(=O)NCNN.CCC(C)N. The second-order valence-electron chi connectivity index (χ2n) is 14.3. The molecule has 0 aromatic rings. The number of thioether (sulfide) groups is 1. The molecule has 0 heterocycles. The number of carbonyl (C=O) groups is 1. The normalized spacial score (nSPS) is 36.9. The van der Waals surface area contributed by atoms with E-state index < -0.39 is 0 Å². The van der Waals surface area contributed by atoms with E-state index in [1.165, 1.54) is 70.6 Å². The molecule has 0 aliphatic heterocycles. The molecule has 4 aliphatic carbocycles. The summed E-state index contributed by atoms with van der Waals surface area (Å²) in [6.45, 7) is 22.5. The Hall–Kier alpha value is -0.560. The molecule has 9 unspecified atom stereocenters. The van der Waals surface area contributed by atoms with Gasteiger partial charge < -0.3 is 11.1 Å². The molecule has 4 saturated carbocycles. The van der Waals surface area contributed by atoms with E-state index in [2.05, 4.69) is 58.5 Å². The molecule has 9 atom stereocenters. The van der Waals surface area contributed by atoms with Crippen molar-refractivity contribution in [3.63, 3.8) is 0 Å². The number of nitrogens with two attached hydrogens (primary N) is 2. The summed E-state index contributed by atoms with van der Waals surface area (Å²) < 4.78 is 0.110. The van der Waals surface area contributed by atoms with E-state index in [4.69, 9.17) is 11.6 Å². The van der Waals surface area contributed by atoms with Gasteiger partial charge in [-0.05, 0) is 118 Å². The minimum absolute atomic E-state index is 0.0550. The molecule has 4 fully saturated rings. The van der Waals surface area contributed by atoms with Gasteiger partial charge in [0.05, 0.1) is 11.9 Å². The van der Waals surface area contributed by atoms with Gasteiger partial charge in [0.2, 0.25) is 5.91 Å². The Balaban J connectivity index is 0.000000686. The monoisotopic (exact) mass is 564 g/mol. The quantitative estimate of drug-likeness (QED) is 0.107. The average molecular weight is 565 g/mol. The number of hydrogen-bond donors (Lipinski definition) is 4. The molecule has 39 heavy (non-hydrogen) atoms. The Bertz CT molecular complexity index is 760. The van der Waals surface area contributed by atoms with Crippen molar-refractivity contribution in [3.05, 3.63) is 13.2 Å². The number of rotatable bonds is 8. The van der Waals surface area contributed by atoms with Crippen LogP contribution in [0.3, 0.4) is 0 Å². The lowest BCUT2D eigenvalue weighted by Crippen LogP contribution is -2.53. The van der Waals surface area contributed by atoms with Crippen LogP contribution >= 0.6 is 11.8 Å². The Morgan fingerprint density at radius 3 is 2.26 bits per heavy atom. The van der Waals surface area contributed by atoms with E-state index in [9.17, 15) is 4.79 Å². The minimum atomic E-state index is -0.0550. The lowest BCUT2D eigenvalue weighted by molar-refractivity contribution is -0.120. The van der Waals surface area contributed by atoms with E-state index in [1.807, 2.05) is 25.6 Å². The van der Waals surface area contributed by atoms with Gasteiger partial charge in [0.1, 0.15) is 0 Å². The van der Waals surface area contributed by atoms with Crippen LogP contribution in [0.1, 0.15) is 126 Å². The maximum atomic E-state index is 12.4. The third-order valence-corrected chi connectivity index (χ3v) is 12.8. The van der Waals surface area contributed by atoms with Crippen molar-refractivity contribution in [2.24, 2.45) is 52.0 Å². The third kappa shape index (κ3) is 8.26. The summed E-state index contributed by atoms with van der Waals surface area (Å²) >= 11 is 1.84. The maximum absolute atomic E-state index is 12.4. The van der Waals surface area contributed by atoms with Crippen LogP contribution in [-0.2, 0) is 4.79 Å². The van der Waals surface area contributed by atoms with Crippen LogP contribution in [-0.4, -0.2) is 28.6 Å². The first-order valence-corrected chi connectivity index (χ1v) is 16.9. The molecule has 228 valence electrons. The van der Waals surface area contributed by atoms with E-state index >= 15 is 0 Å². The molecule has 1 amide bonds. The fourth-order valence-corrected chi connectivity index (χ4v) is 10.6. The summed E-state index contributed by atoms with van der Waals surface area (Å²) in [5, 5.41) is 2.81. The Morgan fingerprint density at radius 1 is 1.00 bits per heavy atom. The fourth-order valence-electron chi connectivity index (χ4n) is 9.19. The summed E-state index contributed by atoms with van der Waals surface area (Å²) in [6.07, 6.45) is 17.0. The number of hydrogen-bond acceptors (Lipinski definition) is 5. The zero-order chi connectivity index (χ0) is 29.4. The third-order valence-electron chi connectivity index (χ3n) is 11.4. The largest absolute Gasteiger partial charge is 0.341 e. The van der Waals surface area contributed by atoms with Crippen molar-refractivity contribution < 1.29 is 4.79 Å². The fraction of sp³-hybridized carbons (Fsp3) is 0.909. The van der Waals surface area contributed by atoms with Gasteiger partial charge in [0, 0.05) is 10.8 Å². The first-order chi connectivity index (χ1) is 18.4. The van der Waals surface area contributed by atoms with Crippen molar-refractivity contribution in [2.45, 2.75) is 142 Å². The molecule has 0 bridgehead atoms. The highest BCUT2D eigenvalue weighted by Gasteiger charge is 2.59. The number of amides is 1. The van der Waals surface area contributed by atoms with E-state index in [1.54, 1.807) is 0 Å². The van der Waals surface area contributed by atoms with Crippen LogP contribution < -0.4 is 22.3 Å². The van der Waals surface area contributed by atoms with Crippen LogP contribution in [0.2, 0.25) is 0 Å². The molecule has 0 aromatic carbocycles. The minimum Gasteiger partial charge on any atom is -0.341 e. The molecule has 5 nitrogen and oxygen atoms in total. The number of fused-ring (bicyclic) bond motifs is 5. The van der Waals surface area contributed by atoms with Gasteiger partial charge in [0.25, 0.3) is 0 Å². The van der Waals surface area contributed by atoms with E-state index in [0.29, 0.717) is 23.5 Å². The molecule has 6 heteroatoms. The predicted octanol–water partition coefficient (Wildman–Crippen LogP) is 7.41. The highest BCUT2D eigenvalue weighted by Crippen LogP contribution is 2.68. The van der Waals surface area contributed by atoms with Crippen LogP contribution in [0.25, 0.3) is 0 Å². The summed E-state index contributed by atoms with van der Waals surface area (Å²) in [5.41, 5.74) is 8.95. The molecular weight excluding hydrogens is 500 g/mol. The van der Waals surface area contributed by atoms with Crippen LogP contribution in [0.4, 0.5) is 0 Å². The van der Waals surface area contributed by atoms with E-state index in [-0.39, 0.29) is 15.9 Å². The Morgan fingerprint density at radius 2 is 1.64 bits per heavy atom. The second kappa shape index (κ2) is 15.1. The second-order valence-corrected chi connectivity index (χ2v) is 16.3. The van der Waals surface area contributed by atoms with Gasteiger partial charge in [-0.25, -0.2) is 5.43 Å². The van der Waals surface area contributed by atoms with Crippen LogP contribution in [0, 0.1) is 40.4 Å². The number of carbonyl (C=O) groups excluding carboxylic acids is 1. The summed E-state index contributed by atoms with van der Waals surface area (Å²) in [7, 11) is 0. The van der Waals surface area contributed by atoms with Gasteiger partial charge in [-0.2, -0.15) is 0 Å². The van der Waals surface area contributed by atoms with E-state index in [0.717, 1.165) is 36.0 Å². The highest BCUT2D eigenvalue weighted by molar-refractivity contribution is 8.01. The van der Waals surface area contributed by atoms with Crippen molar-refractivity contribution in [2.75, 3.05) is 6.67 Å². The van der Waals surface area contributed by atoms with Crippen LogP contribution in [0.15, 0.2) is 13.2 Å². The molecule has 4 aliphatic rings. The first-order valence-electron chi connectivity index (χ1n) is 16.0. The smallest absolute Gasteiger partial charge is 0.233 e. The molecule has 0 spiro atoms. The number of hydrazine groups is 1. The van der Waals surface area contributed by atoms with Crippen molar-refractivity contribution in [1.29, 1.82) is 0 Å². The van der Waals surface area contributed by atoms with Crippen molar-refractivity contribution >= 4 is 17.7 Å².